The highest BCUT2D eigenvalue weighted by molar-refractivity contribution is 4.72. The van der Waals surface area contributed by atoms with Crippen molar-refractivity contribution in [2.24, 2.45) is 5.92 Å². The second kappa shape index (κ2) is 9.00. The van der Waals surface area contributed by atoms with Crippen LogP contribution in [0.5, 0.6) is 0 Å². The van der Waals surface area contributed by atoms with Crippen molar-refractivity contribution in [3.05, 3.63) is 0 Å². The van der Waals surface area contributed by atoms with E-state index in [-0.39, 0.29) is 0 Å². The van der Waals surface area contributed by atoms with Gasteiger partial charge in [0, 0.05) is 19.3 Å². The molecule has 0 amide bonds. The van der Waals surface area contributed by atoms with Gasteiger partial charge in [0.15, 0.2) is 0 Å². The van der Waals surface area contributed by atoms with E-state index in [9.17, 15) is 0 Å². The Morgan fingerprint density at radius 2 is 1.88 bits per heavy atom. The molecule has 1 aliphatic heterocycles. The summed E-state index contributed by atoms with van der Waals surface area (Å²) in [6, 6.07) is 0.717. The Labute approximate surface area is 101 Å². The monoisotopic (exact) mass is 227 g/mol. The summed E-state index contributed by atoms with van der Waals surface area (Å²) in [6.07, 6.45) is 9.23. The van der Waals surface area contributed by atoms with E-state index >= 15 is 0 Å². The molecule has 0 aromatic heterocycles. The molecule has 1 atom stereocenters. The van der Waals surface area contributed by atoms with E-state index in [0.29, 0.717) is 0 Å². The molecule has 16 heavy (non-hydrogen) atoms. The lowest BCUT2D eigenvalue weighted by molar-refractivity contribution is 0.0766. The van der Waals surface area contributed by atoms with E-state index in [2.05, 4.69) is 19.2 Å². The van der Waals surface area contributed by atoms with Gasteiger partial charge in [-0.05, 0) is 38.1 Å². The van der Waals surface area contributed by atoms with Crippen molar-refractivity contribution in [2.75, 3.05) is 19.8 Å². The molecule has 0 aromatic rings. The molecular formula is C14H29NO. The van der Waals surface area contributed by atoms with Gasteiger partial charge in [-0.1, -0.05) is 33.1 Å². The summed E-state index contributed by atoms with van der Waals surface area (Å²) in [5.41, 5.74) is 0. The first-order chi connectivity index (χ1) is 7.86. The fraction of sp³-hybridized carbons (Fsp3) is 1.00. The zero-order valence-electron chi connectivity index (χ0n) is 11.1. The minimum absolute atomic E-state index is 0.717. The van der Waals surface area contributed by atoms with Gasteiger partial charge in [-0.2, -0.15) is 0 Å². The van der Waals surface area contributed by atoms with Crippen molar-refractivity contribution in [2.45, 2.75) is 64.8 Å². The fourth-order valence-electron chi connectivity index (χ4n) is 2.48. The maximum absolute atomic E-state index is 5.38. The van der Waals surface area contributed by atoms with Gasteiger partial charge in [-0.3, -0.25) is 0 Å². The van der Waals surface area contributed by atoms with Crippen LogP contribution in [0.4, 0.5) is 0 Å². The molecule has 0 radical (unpaired) electrons. The molecule has 2 nitrogen and oxygen atoms in total. The van der Waals surface area contributed by atoms with Crippen LogP contribution in [-0.4, -0.2) is 25.8 Å². The highest BCUT2D eigenvalue weighted by Crippen LogP contribution is 2.15. The second-order valence-corrected chi connectivity index (χ2v) is 5.09. The average Bonchev–Trinajstić information content (AvgIpc) is 2.34. The lowest BCUT2D eigenvalue weighted by Gasteiger charge is -2.26. The Bertz CT molecular complexity index is 155. The van der Waals surface area contributed by atoms with Crippen LogP contribution in [-0.2, 0) is 4.74 Å². The summed E-state index contributed by atoms with van der Waals surface area (Å²) in [5, 5.41) is 3.74. The van der Waals surface area contributed by atoms with Gasteiger partial charge in [0.25, 0.3) is 0 Å². The van der Waals surface area contributed by atoms with Crippen molar-refractivity contribution in [1.29, 1.82) is 0 Å². The number of unbranched alkanes of at least 4 members (excludes halogenated alkanes) is 1. The van der Waals surface area contributed by atoms with Gasteiger partial charge < -0.3 is 10.1 Å². The predicted molar refractivity (Wildman–Crippen MR) is 69.8 cm³/mol. The normalized spacial score (nSPS) is 19.9. The first kappa shape index (κ1) is 14.0. The molecule has 1 rings (SSSR count). The maximum atomic E-state index is 5.38. The highest BCUT2D eigenvalue weighted by atomic mass is 16.5. The quantitative estimate of drug-likeness (QED) is 0.686. The topological polar surface area (TPSA) is 21.3 Å². The van der Waals surface area contributed by atoms with Gasteiger partial charge in [0.1, 0.15) is 0 Å². The Hall–Kier alpha value is -0.0800. The molecule has 96 valence electrons. The Morgan fingerprint density at radius 1 is 1.12 bits per heavy atom. The number of rotatable bonds is 8. The number of ether oxygens (including phenoxy) is 1. The van der Waals surface area contributed by atoms with E-state index in [1.807, 2.05) is 0 Å². The molecule has 0 saturated carbocycles. The summed E-state index contributed by atoms with van der Waals surface area (Å²) in [5.74, 6) is 0.896. The van der Waals surface area contributed by atoms with Gasteiger partial charge in [0.05, 0.1) is 0 Å². The Balaban J connectivity index is 2.14. The van der Waals surface area contributed by atoms with Crippen molar-refractivity contribution in [1.82, 2.24) is 5.32 Å². The summed E-state index contributed by atoms with van der Waals surface area (Å²) < 4.78 is 5.38. The van der Waals surface area contributed by atoms with E-state index in [4.69, 9.17) is 4.74 Å². The van der Waals surface area contributed by atoms with Gasteiger partial charge in [-0.25, -0.2) is 0 Å². The third kappa shape index (κ3) is 5.86. The summed E-state index contributed by atoms with van der Waals surface area (Å²) >= 11 is 0. The van der Waals surface area contributed by atoms with Crippen LogP contribution in [0.25, 0.3) is 0 Å². The largest absolute Gasteiger partial charge is 0.381 e. The molecular weight excluding hydrogens is 198 g/mol. The molecule has 2 heteroatoms. The number of hydrogen-bond acceptors (Lipinski definition) is 2. The number of hydrogen-bond donors (Lipinski definition) is 1. The van der Waals surface area contributed by atoms with Crippen LogP contribution in [0.15, 0.2) is 0 Å². The molecule has 1 saturated heterocycles. The first-order valence-electron chi connectivity index (χ1n) is 7.18. The first-order valence-corrected chi connectivity index (χ1v) is 7.18. The Morgan fingerprint density at radius 3 is 2.50 bits per heavy atom. The smallest absolute Gasteiger partial charge is 0.0480 e. The van der Waals surface area contributed by atoms with Crippen LogP contribution in [0.1, 0.15) is 58.8 Å². The average molecular weight is 227 g/mol. The zero-order chi connectivity index (χ0) is 11.6. The minimum Gasteiger partial charge on any atom is -0.381 e. The maximum Gasteiger partial charge on any atom is 0.0480 e. The molecule has 1 fully saturated rings. The van der Waals surface area contributed by atoms with Crippen molar-refractivity contribution < 1.29 is 4.74 Å². The minimum atomic E-state index is 0.717. The summed E-state index contributed by atoms with van der Waals surface area (Å²) in [7, 11) is 0. The molecule has 0 bridgehead atoms. The second-order valence-electron chi connectivity index (χ2n) is 5.09. The van der Waals surface area contributed by atoms with Crippen molar-refractivity contribution in [3.8, 4) is 0 Å². The third-order valence-corrected chi connectivity index (χ3v) is 3.58. The van der Waals surface area contributed by atoms with Gasteiger partial charge in [0.2, 0.25) is 0 Å². The molecule has 1 N–H and O–H groups in total. The van der Waals surface area contributed by atoms with E-state index in [1.54, 1.807) is 0 Å². The lowest BCUT2D eigenvalue weighted by atomic mass is 9.96. The van der Waals surface area contributed by atoms with Crippen LogP contribution in [0, 0.1) is 5.92 Å². The van der Waals surface area contributed by atoms with E-state index in [0.717, 1.165) is 25.2 Å². The van der Waals surface area contributed by atoms with Crippen LogP contribution in [0.3, 0.4) is 0 Å². The SMILES string of the molecule is CCCCC(CCC)CNC1CCOCC1. The highest BCUT2D eigenvalue weighted by Gasteiger charge is 2.15. The zero-order valence-corrected chi connectivity index (χ0v) is 11.1. The molecule has 1 heterocycles. The van der Waals surface area contributed by atoms with Crippen molar-refractivity contribution in [3.63, 3.8) is 0 Å². The van der Waals surface area contributed by atoms with Crippen LogP contribution < -0.4 is 5.32 Å². The third-order valence-electron chi connectivity index (χ3n) is 3.58. The summed E-state index contributed by atoms with van der Waals surface area (Å²) in [6.45, 7) is 7.71. The molecule has 0 aliphatic carbocycles. The Kier molecular flexibility index (Phi) is 7.87. The molecule has 1 unspecified atom stereocenters. The molecule has 1 aliphatic rings. The predicted octanol–water partition coefficient (Wildman–Crippen LogP) is 3.36. The molecule has 0 spiro atoms. The van der Waals surface area contributed by atoms with Crippen LogP contribution in [0.2, 0.25) is 0 Å². The van der Waals surface area contributed by atoms with E-state index < -0.39 is 0 Å². The van der Waals surface area contributed by atoms with E-state index in [1.165, 1.54) is 51.5 Å². The standard InChI is InChI=1S/C14H29NO/c1-3-5-7-13(6-4-2)12-15-14-8-10-16-11-9-14/h13-15H,3-12H2,1-2H3. The van der Waals surface area contributed by atoms with Crippen LogP contribution >= 0.6 is 0 Å². The molecule has 0 aromatic carbocycles. The van der Waals surface area contributed by atoms with Crippen molar-refractivity contribution >= 4 is 0 Å². The lowest BCUT2D eigenvalue weighted by Crippen LogP contribution is -2.37. The van der Waals surface area contributed by atoms with Gasteiger partial charge in [-0.15, -0.1) is 0 Å². The van der Waals surface area contributed by atoms with Gasteiger partial charge >= 0.3 is 0 Å². The number of nitrogens with one attached hydrogen (secondary N) is 1. The fourth-order valence-corrected chi connectivity index (χ4v) is 2.48. The summed E-state index contributed by atoms with van der Waals surface area (Å²) in [4.78, 5) is 0.